The second-order valence-electron chi connectivity index (χ2n) is 5.04. The average Bonchev–Trinajstić information content (AvgIpc) is 2.46. The topological polar surface area (TPSA) is 50.2 Å². The van der Waals surface area contributed by atoms with Crippen LogP contribution in [-0.2, 0) is 6.42 Å². The number of aromatic nitrogens is 1. The molecule has 3 nitrogen and oxygen atoms in total. The van der Waals surface area contributed by atoms with E-state index in [1.807, 2.05) is 6.07 Å². The van der Waals surface area contributed by atoms with E-state index < -0.39 is 11.8 Å². The summed E-state index contributed by atoms with van der Waals surface area (Å²) in [5.41, 5.74) is 2.70. The van der Waals surface area contributed by atoms with Crippen molar-refractivity contribution in [1.82, 2.24) is 4.98 Å². The van der Waals surface area contributed by atoms with Crippen LogP contribution < -0.4 is 0 Å². The van der Waals surface area contributed by atoms with Gasteiger partial charge in [0.2, 0.25) is 0 Å². The first-order chi connectivity index (χ1) is 9.66. The highest BCUT2D eigenvalue weighted by molar-refractivity contribution is 5.87. The van der Waals surface area contributed by atoms with Crippen molar-refractivity contribution < 1.29 is 14.3 Å². The number of rotatable bonds is 2. The fourth-order valence-corrected chi connectivity index (χ4v) is 2.86. The maximum atomic E-state index is 13.8. The third-order valence-electron chi connectivity index (χ3n) is 3.82. The SMILES string of the molecule is O=C(O)c1ccc(C2CCCc3cccnc32)cc1F. The molecule has 1 aliphatic rings. The van der Waals surface area contributed by atoms with Crippen LogP contribution in [0.25, 0.3) is 0 Å². The molecule has 2 aromatic rings. The zero-order chi connectivity index (χ0) is 14.1. The summed E-state index contributed by atoms with van der Waals surface area (Å²) in [6, 6.07) is 8.33. The number of halogens is 1. The van der Waals surface area contributed by atoms with Gasteiger partial charge in [-0.3, -0.25) is 4.98 Å². The Hall–Kier alpha value is -2.23. The molecule has 0 bridgehead atoms. The maximum Gasteiger partial charge on any atom is 0.338 e. The van der Waals surface area contributed by atoms with Crippen LogP contribution in [0.5, 0.6) is 0 Å². The zero-order valence-corrected chi connectivity index (χ0v) is 10.8. The van der Waals surface area contributed by atoms with Crippen molar-refractivity contribution in [2.24, 2.45) is 0 Å². The number of pyridine rings is 1. The van der Waals surface area contributed by atoms with E-state index in [4.69, 9.17) is 5.11 Å². The number of carboxylic acid groups (broad SMARTS) is 1. The lowest BCUT2D eigenvalue weighted by Gasteiger charge is -2.24. The molecule has 0 saturated heterocycles. The normalized spacial score (nSPS) is 17.6. The Morgan fingerprint density at radius 2 is 2.20 bits per heavy atom. The third-order valence-corrected chi connectivity index (χ3v) is 3.82. The largest absolute Gasteiger partial charge is 0.478 e. The molecule has 4 heteroatoms. The Morgan fingerprint density at radius 1 is 1.35 bits per heavy atom. The average molecular weight is 271 g/mol. The van der Waals surface area contributed by atoms with Crippen LogP contribution in [0.2, 0.25) is 0 Å². The van der Waals surface area contributed by atoms with Crippen LogP contribution >= 0.6 is 0 Å². The van der Waals surface area contributed by atoms with Crippen molar-refractivity contribution in [3.05, 3.63) is 64.7 Å². The van der Waals surface area contributed by atoms with Gasteiger partial charge in [-0.05, 0) is 48.6 Å². The molecule has 0 saturated carbocycles. The molecule has 3 rings (SSSR count). The molecule has 20 heavy (non-hydrogen) atoms. The number of fused-ring (bicyclic) bond motifs is 1. The molecular formula is C16H14FNO2. The summed E-state index contributed by atoms with van der Waals surface area (Å²) in [5, 5.41) is 8.87. The van der Waals surface area contributed by atoms with E-state index in [1.54, 1.807) is 12.3 Å². The van der Waals surface area contributed by atoms with Crippen LogP contribution in [0, 0.1) is 5.82 Å². The number of carboxylic acids is 1. The molecule has 1 aromatic heterocycles. The molecule has 0 spiro atoms. The van der Waals surface area contributed by atoms with Gasteiger partial charge < -0.3 is 5.11 Å². The van der Waals surface area contributed by atoms with Gasteiger partial charge in [0, 0.05) is 12.1 Å². The van der Waals surface area contributed by atoms with Crippen LogP contribution in [0.4, 0.5) is 4.39 Å². The van der Waals surface area contributed by atoms with Crippen LogP contribution in [0.3, 0.4) is 0 Å². The number of nitrogens with zero attached hydrogens (tertiary/aromatic N) is 1. The van der Waals surface area contributed by atoms with E-state index in [0.29, 0.717) is 0 Å². The number of aromatic carboxylic acids is 1. The predicted octanol–water partition coefficient (Wildman–Crippen LogP) is 3.39. The summed E-state index contributed by atoms with van der Waals surface area (Å²) >= 11 is 0. The second-order valence-corrected chi connectivity index (χ2v) is 5.04. The molecule has 1 heterocycles. The van der Waals surface area contributed by atoms with Gasteiger partial charge in [-0.1, -0.05) is 12.1 Å². The summed E-state index contributed by atoms with van der Waals surface area (Å²) < 4.78 is 13.8. The molecule has 0 amide bonds. The third kappa shape index (κ3) is 2.18. The highest BCUT2D eigenvalue weighted by Gasteiger charge is 2.24. The summed E-state index contributed by atoms with van der Waals surface area (Å²) in [7, 11) is 0. The van der Waals surface area contributed by atoms with Crippen molar-refractivity contribution in [1.29, 1.82) is 0 Å². The van der Waals surface area contributed by atoms with Crippen LogP contribution in [0.1, 0.15) is 45.9 Å². The Morgan fingerprint density at radius 3 is 2.95 bits per heavy atom. The minimum atomic E-state index is -1.24. The summed E-state index contributed by atoms with van der Waals surface area (Å²) in [6.45, 7) is 0. The van der Waals surface area contributed by atoms with Crippen LogP contribution in [0.15, 0.2) is 36.5 Å². The number of benzene rings is 1. The van der Waals surface area contributed by atoms with E-state index in [-0.39, 0.29) is 11.5 Å². The standard InChI is InChI=1S/C16H14FNO2/c17-14-9-11(6-7-13(14)16(19)20)12-5-1-3-10-4-2-8-18-15(10)12/h2,4,6-9,12H,1,3,5H2,(H,19,20). The lowest BCUT2D eigenvalue weighted by molar-refractivity contribution is 0.0692. The number of aryl methyl sites for hydroxylation is 1. The van der Waals surface area contributed by atoms with Gasteiger partial charge in [-0.15, -0.1) is 0 Å². The fourth-order valence-electron chi connectivity index (χ4n) is 2.86. The van der Waals surface area contributed by atoms with Crippen molar-refractivity contribution in [3.63, 3.8) is 0 Å². The quantitative estimate of drug-likeness (QED) is 0.910. The number of hydrogen-bond donors (Lipinski definition) is 1. The van der Waals surface area contributed by atoms with Gasteiger partial charge in [-0.25, -0.2) is 9.18 Å². The molecule has 102 valence electrons. The van der Waals surface area contributed by atoms with Gasteiger partial charge >= 0.3 is 5.97 Å². The van der Waals surface area contributed by atoms with Crippen molar-refractivity contribution in [3.8, 4) is 0 Å². The Balaban J connectivity index is 2.03. The first-order valence-corrected chi connectivity index (χ1v) is 6.63. The van der Waals surface area contributed by atoms with Crippen molar-refractivity contribution in [2.75, 3.05) is 0 Å². The van der Waals surface area contributed by atoms with Crippen molar-refractivity contribution in [2.45, 2.75) is 25.2 Å². The van der Waals surface area contributed by atoms with E-state index in [0.717, 1.165) is 30.5 Å². The fraction of sp³-hybridized carbons (Fsp3) is 0.250. The zero-order valence-electron chi connectivity index (χ0n) is 10.8. The molecule has 1 atom stereocenters. The van der Waals surface area contributed by atoms with Gasteiger partial charge in [0.1, 0.15) is 5.82 Å². The van der Waals surface area contributed by atoms with Crippen molar-refractivity contribution >= 4 is 5.97 Å². The molecular weight excluding hydrogens is 257 g/mol. The molecule has 0 radical (unpaired) electrons. The second kappa shape index (κ2) is 5.04. The van der Waals surface area contributed by atoms with Gasteiger partial charge in [0.05, 0.1) is 11.3 Å². The monoisotopic (exact) mass is 271 g/mol. The highest BCUT2D eigenvalue weighted by atomic mass is 19.1. The summed E-state index contributed by atoms with van der Waals surface area (Å²) in [5.74, 6) is -1.87. The minimum Gasteiger partial charge on any atom is -0.478 e. The lowest BCUT2D eigenvalue weighted by Crippen LogP contribution is -2.13. The first-order valence-electron chi connectivity index (χ1n) is 6.63. The maximum absolute atomic E-state index is 13.8. The van der Waals surface area contributed by atoms with Gasteiger partial charge in [-0.2, -0.15) is 0 Å². The molecule has 1 unspecified atom stereocenters. The first kappa shape index (κ1) is 12.8. The van der Waals surface area contributed by atoms with Gasteiger partial charge in [0.25, 0.3) is 0 Å². The predicted molar refractivity (Wildman–Crippen MR) is 72.4 cm³/mol. The number of hydrogen-bond acceptors (Lipinski definition) is 2. The Kier molecular flexibility index (Phi) is 3.22. The molecule has 1 aliphatic carbocycles. The van der Waals surface area contributed by atoms with E-state index in [9.17, 15) is 9.18 Å². The molecule has 0 fully saturated rings. The summed E-state index contributed by atoms with van der Waals surface area (Å²) in [6.07, 6.45) is 4.69. The van der Waals surface area contributed by atoms with Crippen LogP contribution in [-0.4, -0.2) is 16.1 Å². The smallest absolute Gasteiger partial charge is 0.338 e. The Bertz CT molecular complexity index is 669. The molecule has 1 aromatic carbocycles. The van der Waals surface area contributed by atoms with Gasteiger partial charge in [0.15, 0.2) is 0 Å². The molecule has 0 aliphatic heterocycles. The lowest BCUT2D eigenvalue weighted by atomic mass is 9.82. The summed E-state index contributed by atoms with van der Waals surface area (Å²) in [4.78, 5) is 15.3. The van der Waals surface area contributed by atoms with E-state index >= 15 is 0 Å². The minimum absolute atomic E-state index is 0.0531. The van der Waals surface area contributed by atoms with E-state index in [2.05, 4.69) is 11.1 Å². The highest BCUT2D eigenvalue weighted by Crippen LogP contribution is 2.35. The number of carbonyl (C=O) groups is 1. The Labute approximate surface area is 116 Å². The van der Waals surface area contributed by atoms with E-state index in [1.165, 1.54) is 17.7 Å². The molecule has 1 N–H and O–H groups in total.